The monoisotopic (exact) mass is 187 g/mol. The topological polar surface area (TPSA) is 54.7 Å². The van der Waals surface area contributed by atoms with Gasteiger partial charge in [-0.3, -0.25) is 5.10 Å². The van der Waals surface area contributed by atoms with Gasteiger partial charge in [-0.2, -0.15) is 5.10 Å². The molecule has 0 saturated carbocycles. The van der Waals surface area contributed by atoms with Gasteiger partial charge in [-0.25, -0.2) is 0 Å². The number of hydrogen-bond acceptors (Lipinski definition) is 2. The molecule has 0 spiro atoms. The minimum atomic E-state index is 0.620. The van der Waals surface area contributed by atoms with Crippen LogP contribution in [-0.2, 0) is 6.42 Å². The number of benzene rings is 1. The molecule has 1 heterocycles. The number of nitrogen functional groups attached to an aromatic ring is 1. The molecule has 0 aliphatic carbocycles. The third-order valence-corrected chi connectivity index (χ3v) is 2.34. The summed E-state index contributed by atoms with van der Waals surface area (Å²) in [5, 5.41) is 6.61. The molecule has 14 heavy (non-hydrogen) atoms. The molecule has 72 valence electrons. The van der Waals surface area contributed by atoms with E-state index in [0.717, 1.165) is 17.5 Å². The number of aryl methyl sites for hydroxylation is 1. The van der Waals surface area contributed by atoms with Gasteiger partial charge >= 0.3 is 0 Å². The van der Waals surface area contributed by atoms with Gasteiger partial charge in [-0.1, -0.05) is 31.2 Å². The maximum Gasteiger partial charge on any atom is 0.126 e. The highest BCUT2D eigenvalue weighted by molar-refractivity contribution is 5.72. The number of anilines is 1. The van der Waals surface area contributed by atoms with Crippen LogP contribution in [0.3, 0.4) is 0 Å². The number of hydrogen-bond donors (Lipinski definition) is 2. The quantitative estimate of drug-likeness (QED) is 0.757. The van der Waals surface area contributed by atoms with Crippen molar-refractivity contribution in [2.24, 2.45) is 0 Å². The first-order chi connectivity index (χ1) is 6.81. The highest BCUT2D eigenvalue weighted by atomic mass is 15.1. The van der Waals surface area contributed by atoms with Crippen LogP contribution in [-0.4, -0.2) is 10.2 Å². The largest absolute Gasteiger partial charge is 0.384 e. The van der Waals surface area contributed by atoms with Crippen LogP contribution < -0.4 is 5.73 Å². The lowest BCUT2D eigenvalue weighted by molar-refractivity contribution is 1.10. The minimum Gasteiger partial charge on any atom is -0.384 e. The van der Waals surface area contributed by atoms with Crippen molar-refractivity contribution in [3.8, 4) is 11.1 Å². The zero-order valence-corrected chi connectivity index (χ0v) is 8.12. The molecule has 0 fully saturated rings. The molecule has 3 nitrogen and oxygen atoms in total. The Balaban J connectivity index is 2.39. The van der Waals surface area contributed by atoms with Crippen molar-refractivity contribution in [1.82, 2.24) is 10.2 Å². The van der Waals surface area contributed by atoms with Gasteiger partial charge in [-0.05, 0) is 17.5 Å². The van der Waals surface area contributed by atoms with Gasteiger partial charge in [0, 0.05) is 5.56 Å². The molecule has 3 heteroatoms. The summed E-state index contributed by atoms with van der Waals surface area (Å²) >= 11 is 0. The summed E-state index contributed by atoms with van der Waals surface area (Å²) in [6, 6.07) is 8.36. The summed E-state index contributed by atoms with van der Waals surface area (Å²) in [5.41, 5.74) is 9.13. The number of H-pyrrole nitrogens is 1. The average Bonchev–Trinajstić information content (AvgIpc) is 2.65. The highest BCUT2D eigenvalue weighted by Gasteiger charge is 2.03. The van der Waals surface area contributed by atoms with E-state index in [9.17, 15) is 0 Å². The Hall–Kier alpha value is -1.77. The average molecular weight is 187 g/mol. The molecule has 0 aliphatic heterocycles. The van der Waals surface area contributed by atoms with E-state index >= 15 is 0 Å². The first kappa shape index (κ1) is 8.81. The van der Waals surface area contributed by atoms with Crippen LogP contribution in [0, 0.1) is 0 Å². The second-order valence-corrected chi connectivity index (χ2v) is 3.25. The summed E-state index contributed by atoms with van der Waals surface area (Å²) in [6.45, 7) is 2.14. The van der Waals surface area contributed by atoms with Crippen LogP contribution >= 0.6 is 0 Å². The van der Waals surface area contributed by atoms with Gasteiger partial charge in [-0.15, -0.1) is 0 Å². The summed E-state index contributed by atoms with van der Waals surface area (Å²) in [4.78, 5) is 0. The standard InChI is InChI=1S/C11H13N3/c1-2-8-3-5-9(6-4-8)10-7-13-14-11(10)12/h3-7H,2H2,1H3,(H3,12,13,14). The molecule has 2 rings (SSSR count). The fourth-order valence-corrected chi connectivity index (χ4v) is 1.45. The molecule has 0 saturated heterocycles. The van der Waals surface area contributed by atoms with E-state index in [4.69, 9.17) is 5.73 Å². The number of nitrogens with two attached hydrogens (primary N) is 1. The van der Waals surface area contributed by atoms with Crippen molar-refractivity contribution in [3.05, 3.63) is 36.0 Å². The Morgan fingerprint density at radius 2 is 2.00 bits per heavy atom. The van der Waals surface area contributed by atoms with Crippen molar-refractivity contribution in [2.75, 3.05) is 5.73 Å². The Morgan fingerprint density at radius 3 is 2.50 bits per heavy atom. The Kier molecular flexibility index (Phi) is 2.23. The van der Waals surface area contributed by atoms with Gasteiger partial charge < -0.3 is 5.73 Å². The highest BCUT2D eigenvalue weighted by Crippen LogP contribution is 2.23. The van der Waals surface area contributed by atoms with Crippen molar-refractivity contribution in [2.45, 2.75) is 13.3 Å². The van der Waals surface area contributed by atoms with Crippen molar-refractivity contribution >= 4 is 5.82 Å². The molecule has 1 aromatic heterocycles. The van der Waals surface area contributed by atoms with Gasteiger partial charge in [0.1, 0.15) is 5.82 Å². The summed E-state index contributed by atoms with van der Waals surface area (Å²) in [5.74, 6) is 0.620. The zero-order chi connectivity index (χ0) is 9.97. The third-order valence-electron chi connectivity index (χ3n) is 2.34. The molecule has 2 aromatic rings. The van der Waals surface area contributed by atoms with Gasteiger partial charge in [0.25, 0.3) is 0 Å². The fraction of sp³-hybridized carbons (Fsp3) is 0.182. The summed E-state index contributed by atoms with van der Waals surface area (Å²) < 4.78 is 0. The lowest BCUT2D eigenvalue weighted by atomic mass is 10.1. The van der Waals surface area contributed by atoms with Crippen LogP contribution in [0.4, 0.5) is 5.82 Å². The molecule has 3 N–H and O–H groups in total. The van der Waals surface area contributed by atoms with Crippen molar-refractivity contribution in [3.63, 3.8) is 0 Å². The first-order valence-corrected chi connectivity index (χ1v) is 4.69. The minimum absolute atomic E-state index is 0.620. The predicted molar refractivity (Wildman–Crippen MR) is 57.8 cm³/mol. The zero-order valence-electron chi connectivity index (χ0n) is 8.12. The smallest absolute Gasteiger partial charge is 0.126 e. The number of aromatic nitrogens is 2. The van der Waals surface area contributed by atoms with Crippen molar-refractivity contribution < 1.29 is 0 Å². The number of nitrogens with zero attached hydrogens (tertiary/aromatic N) is 1. The molecule has 1 aromatic carbocycles. The molecule has 0 amide bonds. The van der Waals surface area contributed by atoms with E-state index in [1.165, 1.54) is 5.56 Å². The summed E-state index contributed by atoms with van der Waals surface area (Å²) in [6.07, 6.45) is 2.80. The van der Waals surface area contributed by atoms with Crippen molar-refractivity contribution in [1.29, 1.82) is 0 Å². The molecule has 0 radical (unpaired) electrons. The van der Waals surface area contributed by atoms with E-state index in [1.807, 2.05) is 0 Å². The SMILES string of the molecule is CCc1ccc(-c2cn[nH]c2N)cc1. The molecule has 0 unspecified atom stereocenters. The lowest BCUT2D eigenvalue weighted by Gasteiger charge is -2.00. The Bertz CT molecular complexity index is 414. The molecule has 0 bridgehead atoms. The molecular weight excluding hydrogens is 174 g/mol. The number of aromatic amines is 1. The van der Waals surface area contributed by atoms with E-state index in [2.05, 4.69) is 41.4 Å². The van der Waals surface area contributed by atoms with Gasteiger partial charge in [0.2, 0.25) is 0 Å². The van der Waals surface area contributed by atoms with Gasteiger partial charge in [0.05, 0.1) is 6.20 Å². The second-order valence-electron chi connectivity index (χ2n) is 3.25. The van der Waals surface area contributed by atoms with E-state index in [-0.39, 0.29) is 0 Å². The van der Waals surface area contributed by atoms with Gasteiger partial charge in [0.15, 0.2) is 0 Å². The second kappa shape index (κ2) is 3.54. The Morgan fingerprint density at radius 1 is 1.29 bits per heavy atom. The van der Waals surface area contributed by atoms with E-state index in [0.29, 0.717) is 5.82 Å². The van der Waals surface area contributed by atoms with Crippen LogP contribution in [0.25, 0.3) is 11.1 Å². The van der Waals surface area contributed by atoms with E-state index in [1.54, 1.807) is 6.20 Å². The maximum atomic E-state index is 5.73. The van der Waals surface area contributed by atoms with Crippen LogP contribution in [0.2, 0.25) is 0 Å². The molecular formula is C11H13N3. The van der Waals surface area contributed by atoms with Crippen LogP contribution in [0.5, 0.6) is 0 Å². The van der Waals surface area contributed by atoms with E-state index < -0.39 is 0 Å². The predicted octanol–water partition coefficient (Wildman–Crippen LogP) is 2.22. The van der Waals surface area contributed by atoms with Crippen LogP contribution in [0.1, 0.15) is 12.5 Å². The maximum absolute atomic E-state index is 5.73. The lowest BCUT2D eigenvalue weighted by Crippen LogP contribution is -1.87. The molecule has 0 aliphatic rings. The number of rotatable bonds is 2. The summed E-state index contributed by atoms with van der Waals surface area (Å²) in [7, 11) is 0. The third kappa shape index (κ3) is 1.48. The number of nitrogens with one attached hydrogen (secondary N) is 1. The molecule has 0 atom stereocenters. The first-order valence-electron chi connectivity index (χ1n) is 4.69. The normalized spacial score (nSPS) is 10.4. The van der Waals surface area contributed by atoms with Crippen LogP contribution in [0.15, 0.2) is 30.5 Å². The Labute approximate surface area is 83.0 Å². The fourth-order valence-electron chi connectivity index (χ4n) is 1.45.